The number of ether oxygens (including phenoxy) is 3. The number of urea groups is 1. The third-order valence-corrected chi connectivity index (χ3v) is 5.67. The molecule has 9 nitrogen and oxygen atoms in total. The van der Waals surface area contributed by atoms with E-state index in [0.29, 0.717) is 32.0 Å². The molecule has 0 radical (unpaired) electrons. The number of hydrogen-bond acceptors (Lipinski definition) is 6. The number of nitrogens with one attached hydrogen (secondary N) is 2. The van der Waals surface area contributed by atoms with Crippen LogP contribution >= 0.6 is 0 Å². The molecule has 0 unspecified atom stereocenters. The van der Waals surface area contributed by atoms with Crippen molar-refractivity contribution in [2.24, 2.45) is 0 Å². The molecule has 0 spiro atoms. The van der Waals surface area contributed by atoms with Crippen molar-refractivity contribution in [1.82, 2.24) is 15.5 Å². The van der Waals surface area contributed by atoms with Crippen molar-refractivity contribution in [2.45, 2.75) is 38.6 Å². The summed E-state index contributed by atoms with van der Waals surface area (Å²) in [7, 11) is 1.19. The van der Waals surface area contributed by atoms with E-state index < -0.39 is 35.3 Å². The molecule has 3 rings (SSSR count). The van der Waals surface area contributed by atoms with Gasteiger partial charge in [-0.15, -0.1) is 0 Å². The summed E-state index contributed by atoms with van der Waals surface area (Å²) in [6.07, 6.45) is -4.55. The highest BCUT2D eigenvalue weighted by atomic mass is 19.4. The zero-order valence-electron chi connectivity index (χ0n) is 20.4. The molecule has 1 aliphatic heterocycles. The summed E-state index contributed by atoms with van der Waals surface area (Å²) in [5.41, 5.74) is -1.31. The van der Waals surface area contributed by atoms with E-state index in [4.69, 9.17) is 14.2 Å². The lowest BCUT2D eigenvalue weighted by Gasteiger charge is -2.31. The lowest BCUT2D eigenvalue weighted by Crippen LogP contribution is -2.50. The molecule has 2 aromatic carbocycles. The maximum Gasteiger partial charge on any atom is 0.417 e. The Morgan fingerprint density at radius 2 is 1.73 bits per heavy atom. The number of amides is 4. The molecule has 12 heteroatoms. The van der Waals surface area contributed by atoms with Gasteiger partial charge >= 0.3 is 18.3 Å². The number of carbonyl (C=O) groups is 3. The predicted molar refractivity (Wildman–Crippen MR) is 126 cm³/mol. The normalized spacial score (nSPS) is 14.0. The predicted octanol–water partition coefficient (Wildman–Crippen LogP) is 4.35. The van der Waals surface area contributed by atoms with Crippen LogP contribution in [0.5, 0.6) is 11.5 Å². The van der Waals surface area contributed by atoms with Gasteiger partial charge in [-0.05, 0) is 37.5 Å². The number of nitrogens with zero attached hydrogens (tertiary/aromatic N) is 1. The van der Waals surface area contributed by atoms with E-state index in [1.54, 1.807) is 37.3 Å². The molecule has 200 valence electrons. The van der Waals surface area contributed by atoms with Crippen LogP contribution in [0.3, 0.4) is 0 Å². The van der Waals surface area contributed by atoms with Gasteiger partial charge in [-0.25, -0.2) is 9.59 Å². The molecule has 4 amide bonds. The number of imide groups is 1. The quantitative estimate of drug-likeness (QED) is 0.559. The molecule has 0 aromatic heterocycles. The van der Waals surface area contributed by atoms with Crippen LogP contribution in [-0.4, -0.2) is 55.8 Å². The van der Waals surface area contributed by atoms with E-state index in [9.17, 15) is 27.6 Å². The van der Waals surface area contributed by atoms with Crippen molar-refractivity contribution in [1.29, 1.82) is 0 Å². The number of likely N-dealkylation sites (tertiary alicyclic amines) is 1. The fourth-order valence-electron chi connectivity index (χ4n) is 3.80. The molecule has 37 heavy (non-hydrogen) atoms. The summed E-state index contributed by atoms with van der Waals surface area (Å²) in [5, 5.41) is 4.52. The molecule has 1 fully saturated rings. The first-order chi connectivity index (χ1) is 17.6. The lowest BCUT2D eigenvalue weighted by molar-refractivity contribution is -0.138. The number of methoxy groups -OCH3 is 1. The summed E-state index contributed by atoms with van der Waals surface area (Å²) < 4.78 is 56.9. The van der Waals surface area contributed by atoms with Gasteiger partial charge in [-0.3, -0.25) is 10.1 Å². The number of carbonyl (C=O) groups excluding carboxylic acids is 3. The van der Waals surface area contributed by atoms with Crippen LogP contribution < -0.4 is 20.1 Å². The van der Waals surface area contributed by atoms with Crippen LogP contribution in [0.4, 0.5) is 22.8 Å². The smallest absolute Gasteiger partial charge is 0.417 e. The van der Waals surface area contributed by atoms with Gasteiger partial charge in [-0.1, -0.05) is 30.3 Å². The van der Waals surface area contributed by atoms with Crippen LogP contribution in [0, 0.1) is 0 Å². The number of benzene rings is 2. The number of rotatable bonds is 7. The topological polar surface area (TPSA) is 106 Å². The highest BCUT2D eigenvalue weighted by molar-refractivity contribution is 6.05. The third-order valence-electron chi connectivity index (χ3n) is 5.67. The van der Waals surface area contributed by atoms with Crippen LogP contribution in [0.2, 0.25) is 0 Å². The van der Waals surface area contributed by atoms with Crippen molar-refractivity contribution in [2.75, 3.05) is 26.8 Å². The van der Waals surface area contributed by atoms with E-state index in [0.717, 1.165) is 11.6 Å². The van der Waals surface area contributed by atoms with Crippen molar-refractivity contribution in [3.63, 3.8) is 0 Å². The lowest BCUT2D eigenvalue weighted by atomic mass is 10.0. The molecule has 0 bridgehead atoms. The van der Waals surface area contributed by atoms with Gasteiger partial charge in [0.05, 0.1) is 24.8 Å². The Kier molecular flexibility index (Phi) is 9.20. The van der Waals surface area contributed by atoms with E-state index in [1.807, 2.05) is 5.32 Å². The fourth-order valence-corrected chi connectivity index (χ4v) is 3.80. The molecule has 1 heterocycles. The summed E-state index contributed by atoms with van der Waals surface area (Å²) in [4.78, 5) is 38.5. The second-order valence-electron chi connectivity index (χ2n) is 8.21. The van der Waals surface area contributed by atoms with Crippen LogP contribution in [0.15, 0.2) is 42.5 Å². The van der Waals surface area contributed by atoms with Crippen LogP contribution in [0.25, 0.3) is 0 Å². The summed E-state index contributed by atoms with van der Waals surface area (Å²) >= 11 is 0. The maximum atomic E-state index is 13.8. The number of piperidine rings is 1. The summed E-state index contributed by atoms with van der Waals surface area (Å²) in [6, 6.07) is 9.15. The van der Waals surface area contributed by atoms with Crippen LogP contribution in [-0.2, 0) is 17.5 Å². The minimum atomic E-state index is -4.89. The van der Waals surface area contributed by atoms with E-state index >= 15 is 0 Å². The van der Waals surface area contributed by atoms with Gasteiger partial charge in [0.15, 0.2) is 11.5 Å². The second kappa shape index (κ2) is 12.3. The molecule has 2 aromatic rings. The Labute approximate surface area is 211 Å². The average Bonchev–Trinajstić information content (AvgIpc) is 2.87. The molecule has 2 N–H and O–H groups in total. The Bertz CT molecular complexity index is 1100. The Hall–Kier alpha value is -3.96. The fraction of sp³-hybridized carbons (Fsp3) is 0.400. The molecule has 0 atom stereocenters. The Morgan fingerprint density at radius 3 is 2.32 bits per heavy atom. The van der Waals surface area contributed by atoms with Gasteiger partial charge in [0.2, 0.25) is 0 Å². The third kappa shape index (κ3) is 7.51. The maximum absolute atomic E-state index is 13.8. The minimum Gasteiger partial charge on any atom is -0.493 e. The van der Waals surface area contributed by atoms with Crippen molar-refractivity contribution in [3.05, 3.63) is 59.2 Å². The molecule has 0 aliphatic carbocycles. The van der Waals surface area contributed by atoms with Crippen molar-refractivity contribution in [3.8, 4) is 11.5 Å². The highest BCUT2D eigenvalue weighted by Gasteiger charge is 2.37. The summed E-state index contributed by atoms with van der Waals surface area (Å²) in [5.74, 6) is -1.55. The van der Waals surface area contributed by atoms with Gasteiger partial charge in [-0.2, -0.15) is 13.2 Å². The molecular weight excluding hydrogens is 495 g/mol. The Morgan fingerprint density at radius 1 is 1.05 bits per heavy atom. The largest absolute Gasteiger partial charge is 0.493 e. The molecule has 1 saturated heterocycles. The standard InChI is InChI=1S/C25H28F3N3O6/c1-3-36-24(34)31-11-9-17(10-12-31)29-23(33)30-22(32)18-13-21(37-15-16-7-5-4-6-8-16)20(35-2)14-19(18)25(26,27)28/h4-8,13-14,17H,3,9-12,15H2,1-2H3,(H2,29,30,32,33). The van der Waals surface area contributed by atoms with Gasteiger partial charge in [0.25, 0.3) is 5.91 Å². The summed E-state index contributed by atoms with van der Waals surface area (Å²) in [6.45, 7) is 2.62. The SMILES string of the molecule is CCOC(=O)N1CCC(NC(=O)NC(=O)c2cc(OCc3ccccc3)c(OC)cc2C(F)(F)F)CC1. The average molecular weight is 524 g/mol. The molecule has 0 saturated carbocycles. The first-order valence-electron chi connectivity index (χ1n) is 11.6. The highest BCUT2D eigenvalue weighted by Crippen LogP contribution is 2.39. The second-order valence-corrected chi connectivity index (χ2v) is 8.21. The minimum absolute atomic E-state index is 0.0224. The van der Waals surface area contributed by atoms with Crippen molar-refractivity contribution < 1.29 is 41.8 Å². The van der Waals surface area contributed by atoms with Crippen molar-refractivity contribution >= 4 is 18.0 Å². The number of halogens is 3. The van der Waals surface area contributed by atoms with Gasteiger partial charge < -0.3 is 24.4 Å². The first-order valence-corrected chi connectivity index (χ1v) is 11.6. The first kappa shape index (κ1) is 27.6. The van der Waals surface area contributed by atoms with Gasteiger partial charge in [0.1, 0.15) is 6.61 Å². The monoisotopic (exact) mass is 523 g/mol. The van der Waals surface area contributed by atoms with E-state index in [-0.39, 0.29) is 30.8 Å². The van der Waals surface area contributed by atoms with Gasteiger partial charge in [0, 0.05) is 19.1 Å². The number of alkyl halides is 3. The van der Waals surface area contributed by atoms with E-state index in [1.165, 1.54) is 12.0 Å². The number of hydrogen-bond donors (Lipinski definition) is 2. The van der Waals surface area contributed by atoms with Crippen LogP contribution in [0.1, 0.15) is 41.3 Å². The molecular formula is C25H28F3N3O6. The molecule has 1 aliphatic rings. The van der Waals surface area contributed by atoms with E-state index in [2.05, 4.69) is 5.32 Å². The zero-order valence-corrected chi connectivity index (χ0v) is 20.4. The Balaban J connectivity index is 1.70. The zero-order chi connectivity index (χ0) is 27.0.